The molecular formula is C25H25F4N5O. The van der Waals surface area contributed by atoms with Crippen LogP contribution in [-0.4, -0.2) is 58.8 Å². The standard InChI is InChI=1S/C25H25F4N5O/c1-33-12-18(17-4-2-3-5-20(17)25(27,28)29)22(14-33)30-24(35)34-11-10-21-19(13-34)23(32-31-21)15-6-8-16(26)9-7-15/h2-9,18,22H,10-14H2,1H3,(H,30,35)(H,31,32)/t18-,22+/m0/s1. The van der Waals surface area contributed by atoms with E-state index in [1.165, 1.54) is 24.3 Å². The minimum atomic E-state index is -4.46. The Bertz CT molecular complexity index is 1220. The first kappa shape index (κ1) is 23.3. The molecule has 0 spiro atoms. The van der Waals surface area contributed by atoms with Crippen LogP contribution in [0, 0.1) is 5.82 Å². The third-order valence-electron chi connectivity index (χ3n) is 6.82. The van der Waals surface area contributed by atoms with E-state index < -0.39 is 23.7 Å². The number of aromatic nitrogens is 2. The quantitative estimate of drug-likeness (QED) is 0.539. The summed E-state index contributed by atoms with van der Waals surface area (Å²) in [6, 6.07) is 10.8. The SMILES string of the molecule is CN1C[C@@H](NC(=O)N2CCc3[nH]nc(-c4ccc(F)cc4)c3C2)[C@H](c2ccccc2C(F)(F)F)C1. The zero-order chi connectivity index (χ0) is 24.7. The van der Waals surface area contributed by atoms with Gasteiger partial charge < -0.3 is 15.1 Å². The van der Waals surface area contributed by atoms with Crippen molar-refractivity contribution in [3.63, 3.8) is 0 Å². The van der Waals surface area contributed by atoms with Gasteiger partial charge in [0.25, 0.3) is 0 Å². The normalized spacial score (nSPS) is 20.7. The molecule has 35 heavy (non-hydrogen) atoms. The fourth-order valence-electron chi connectivity index (χ4n) is 5.11. The van der Waals surface area contributed by atoms with E-state index >= 15 is 0 Å². The summed E-state index contributed by atoms with van der Waals surface area (Å²) in [5, 5.41) is 10.4. The van der Waals surface area contributed by atoms with Gasteiger partial charge in [-0.2, -0.15) is 18.3 Å². The third-order valence-corrected chi connectivity index (χ3v) is 6.82. The van der Waals surface area contributed by atoms with Gasteiger partial charge in [-0.1, -0.05) is 18.2 Å². The second kappa shape index (κ2) is 8.99. The number of hydrogen-bond acceptors (Lipinski definition) is 3. The van der Waals surface area contributed by atoms with Crippen LogP contribution in [0.2, 0.25) is 0 Å². The monoisotopic (exact) mass is 487 g/mol. The van der Waals surface area contributed by atoms with Crippen LogP contribution in [0.25, 0.3) is 11.3 Å². The van der Waals surface area contributed by atoms with E-state index in [-0.39, 0.29) is 17.4 Å². The largest absolute Gasteiger partial charge is 0.416 e. The van der Waals surface area contributed by atoms with Crippen molar-refractivity contribution in [1.29, 1.82) is 0 Å². The molecule has 0 bridgehead atoms. The van der Waals surface area contributed by atoms with E-state index in [0.717, 1.165) is 22.9 Å². The zero-order valence-electron chi connectivity index (χ0n) is 19.1. The minimum Gasteiger partial charge on any atom is -0.333 e. The molecule has 10 heteroatoms. The molecule has 2 aliphatic rings. The highest BCUT2D eigenvalue weighted by Crippen LogP contribution is 2.38. The Hall–Kier alpha value is -3.40. The lowest BCUT2D eigenvalue weighted by Crippen LogP contribution is -2.48. The van der Waals surface area contributed by atoms with Crippen molar-refractivity contribution < 1.29 is 22.4 Å². The Morgan fingerprint density at radius 1 is 1.11 bits per heavy atom. The average Bonchev–Trinajstić information content (AvgIpc) is 3.41. The Labute approximate surface area is 199 Å². The van der Waals surface area contributed by atoms with Gasteiger partial charge in [0.15, 0.2) is 0 Å². The van der Waals surface area contributed by atoms with E-state index in [0.29, 0.717) is 38.3 Å². The molecule has 1 aromatic heterocycles. The van der Waals surface area contributed by atoms with Crippen molar-refractivity contribution in [2.24, 2.45) is 0 Å². The van der Waals surface area contributed by atoms with Gasteiger partial charge in [0.1, 0.15) is 5.82 Å². The number of urea groups is 1. The molecule has 6 nitrogen and oxygen atoms in total. The Balaban J connectivity index is 1.34. The van der Waals surface area contributed by atoms with E-state index in [1.807, 2.05) is 11.9 Å². The number of nitrogens with zero attached hydrogens (tertiary/aromatic N) is 3. The van der Waals surface area contributed by atoms with Crippen LogP contribution in [0.4, 0.5) is 22.4 Å². The highest BCUT2D eigenvalue weighted by atomic mass is 19.4. The van der Waals surface area contributed by atoms with Gasteiger partial charge in [-0.25, -0.2) is 9.18 Å². The van der Waals surface area contributed by atoms with Crippen LogP contribution < -0.4 is 5.32 Å². The predicted molar refractivity (Wildman–Crippen MR) is 122 cm³/mol. The van der Waals surface area contributed by atoms with Gasteiger partial charge >= 0.3 is 12.2 Å². The molecule has 0 saturated carbocycles. The summed E-state index contributed by atoms with van der Waals surface area (Å²) in [6.07, 6.45) is -3.89. The summed E-state index contributed by atoms with van der Waals surface area (Å²) in [4.78, 5) is 16.8. The van der Waals surface area contributed by atoms with Gasteiger partial charge in [0.2, 0.25) is 0 Å². The van der Waals surface area contributed by atoms with Crippen LogP contribution in [0.3, 0.4) is 0 Å². The maximum atomic E-state index is 13.7. The summed E-state index contributed by atoms with van der Waals surface area (Å²) in [6.45, 7) is 1.62. The van der Waals surface area contributed by atoms with Crippen molar-refractivity contribution >= 4 is 6.03 Å². The number of halogens is 4. The van der Waals surface area contributed by atoms with Crippen molar-refractivity contribution in [3.05, 3.63) is 76.7 Å². The Morgan fingerprint density at radius 3 is 2.60 bits per heavy atom. The maximum Gasteiger partial charge on any atom is 0.416 e. The molecule has 2 aromatic carbocycles. The number of rotatable bonds is 3. The number of hydrogen-bond donors (Lipinski definition) is 2. The van der Waals surface area contributed by atoms with Crippen molar-refractivity contribution in [1.82, 2.24) is 25.3 Å². The molecule has 2 N–H and O–H groups in total. The minimum absolute atomic E-state index is 0.198. The average molecular weight is 488 g/mol. The number of aromatic amines is 1. The number of alkyl halides is 3. The summed E-state index contributed by atoms with van der Waals surface area (Å²) < 4.78 is 54.3. The highest BCUT2D eigenvalue weighted by Gasteiger charge is 2.41. The molecule has 5 rings (SSSR count). The van der Waals surface area contributed by atoms with Gasteiger partial charge in [0, 0.05) is 48.8 Å². The molecule has 0 radical (unpaired) electrons. The first-order valence-corrected chi connectivity index (χ1v) is 11.4. The lowest BCUT2D eigenvalue weighted by Gasteiger charge is -2.30. The first-order valence-electron chi connectivity index (χ1n) is 11.4. The molecule has 2 atom stereocenters. The fourth-order valence-corrected chi connectivity index (χ4v) is 5.11. The fraction of sp³-hybridized carbons (Fsp3) is 0.360. The molecule has 3 heterocycles. The number of nitrogens with one attached hydrogen (secondary N) is 2. The van der Waals surface area contributed by atoms with Crippen LogP contribution in [0.1, 0.15) is 28.3 Å². The van der Waals surface area contributed by atoms with Gasteiger partial charge in [-0.15, -0.1) is 0 Å². The lowest BCUT2D eigenvalue weighted by molar-refractivity contribution is -0.138. The number of H-pyrrole nitrogens is 1. The Morgan fingerprint density at radius 2 is 1.86 bits per heavy atom. The predicted octanol–water partition coefficient (Wildman–Crippen LogP) is 4.40. The molecular weight excluding hydrogens is 462 g/mol. The summed E-state index contributed by atoms with van der Waals surface area (Å²) >= 11 is 0. The molecule has 3 aromatic rings. The molecule has 184 valence electrons. The van der Waals surface area contributed by atoms with E-state index in [4.69, 9.17) is 0 Å². The van der Waals surface area contributed by atoms with Crippen LogP contribution in [0.5, 0.6) is 0 Å². The summed E-state index contributed by atoms with van der Waals surface area (Å²) in [5.41, 5.74) is 2.72. The number of benzene rings is 2. The van der Waals surface area contributed by atoms with Gasteiger partial charge in [-0.3, -0.25) is 5.10 Å². The molecule has 2 aliphatic heterocycles. The molecule has 0 aliphatic carbocycles. The van der Waals surface area contributed by atoms with Gasteiger partial charge in [0.05, 0.1) is 23.8 Å². The summed E-state index contributed by atoms with van der Waals surface area (Å²) in [5.74, 6) is -0.826. The number of fused-ring (bicyclic) bond motifs is 1. The lowest BCUT2D eigenvalue weighted by atomic mass is 9.90. The smallest absolute Gasteiger partial charge is 0.333 e. The molecule has 0 unspecified atom stereocenters. The van der Waals surface area contributed by atoms with Crippen molar-refractivity contribution in [2.45, 2.75) is 31.1 Å². The van der Waals surface area contributed by atoms with Crippen LogP contribution >= 0.6 is 0 Å². The number of carbonyl (C=O) groups is 1. The van der Waals surface area contributed by atoms with Crippen LogP contribution in [0.15, 0.2) is 48.5 Å². The second-order valence-electron chi connectivity index (χ2n) is 9.18. The van der Waals surface area contributed by atoms with Gasteiger partial charge in [-0.05, 0) is 42.9 Å². The molecule has 1 saturated heterocycles. The zero-order valence-corrected chi connectivity index (χ0v) is 19.1. The summed E-state index contributed by atoms with van der Waals surface area (Å²) in [7, 11) is 1.84. The Kier molecular flexibility index (Phi) is 6.00. The number of amides is 2. The third kappa shape index (κ3) is 4.62. The van der Waals surface area contributed by atoms with Crippen molar-refractivity contribution in [3.8, 4) is 11.3 Å². The van der Waals surface area contributed by atoms with Crippen molar-refractivity contribution in [2.75, 3.05) is 26.7 Å². The first-order chi connectivity index (χ1) is 16.7. The number of likely N-dealkylation sites (N-methyl/N-ethyl adjacent to an activating group) is 1. The number of likely N-dealkylation sites (tertiary alicyclic amines) is 1. The molecule has 2 amide bonds. The van der Waals surface area contributed by atoms with E-state index in [9.17, 15) is 22.4 Å². The van der Waals surface area contributed by atoms with E-state index in [1.54, 1.807) is 23.1 Å². The maximum absolute atomic E-state index is 13.7. The highest BCUT2D eigenvalue weighted by molar-refractivity contribution is 5.76. The second-order valence-corrected chi connectivity index (χ2v) is 9.18. The topological polar surface area (TPSA) is 64.3 Å². The molecule has 1 fully saturated rings. The number of carbonyl (C=O) groups excluding carboxylic acids is 1. The van der Waals surface area contributed by atoms with E-state index in [2.05, 4.69) is 15.5 Å². The van der Waals surface area contributed by atoms with Crippen LogP contribution in [-0.2, 0) is 19.1 Å².